The van der Waals surface area contributed by atoms with Crippen LogP contribution in [0.2, 0.25) is 25.7 Å². The first-order chi connectivity index (χ1) is 8.83. The summed E-state index contributed by atoms with van der Waals surface area (Å²) in [5, 5.41) is 4.25. The van der Waals surface area contributed by atoms with Crippen LogP contribution >= 0.6 is 0 Å². The van der Waals surface area contributed by atoms with E-state index in [9.17, 15) is 4.79 Å². The Morgan fingerprint density at radius 2 is 2.11 bits per heavy atom. The molecule has 1 aromatic heterocycles. The van der Waals surface area contributed by atoms with E-state index < -0.39 is 8.07 Å². The van der Waals surface area contributed by atoms with Crippen LogP contribution in [0.25, 0.3) is 0 Å². The zero-order valence-electron chi connectivity index (χ0n) is 12.5. The third-order valence-electron chi connectivity index (χ3n) is 2.60. The fourth-order valence-corrected chi connectivity index (χ4v) is 2.30. The molecule has 1 aromatic rings. The molecule has 0 bridgehead atoms. The number of aromatic nitrogens is 2. The molecular formula is C13H24N2O3Si. The van der Waals surface area contributed by atoms with E-state index >= 15 is 0 Å². The van der Waals surface area contributed by atoms with E-state index in [2.05, 4.69) is 24.7 Å². The van der Waals surface area contributed by atoms with E-state index in [1.807, 2.05) is 6.92 Å². The highest BCUT2D eigenvalue weighted by Crippen LogP contribution is 2.09. The minimum atomic E-state index is -1.08. The standard InChI is InChI=1S/C13H24N2O3Si/c1-6-18-13(16)12-9-11(2)14-15(12)10-17-7-8-19(3,4)5/h9H,6-8,10H2,1-5H3. The van der Waals surface area contributed by atoms with Gasteiger partial charge in [-0.25, -0.2) is 9.48 Å². The second kappa shape index (κ2) is 6.86. The van der Waals surface area contributed by atoms with Crippen molar-refractivity contribution in [3.63, 3.8) is 0 Å². The Morgan fingerprint density at radius 3 is 2.68 bits per heavy atom. The molecule has 0 radical (unpaired) electrons. The van der Waals surface area contributed by atoms with Gasteiger partial charge >= 0.3 is 5.97 Å². The van der Waals surface area contributed by atoms with Gasteiger partial charge < -0.3 is 9.47 Å². The molecule has 0 atom stereocenters. The summed E-state index contributed by atoms with van der Waals surface area (Å²) < 4.78 is 12.2. The molecule has 0 N–H and O–H groups in total. The molecule has 0 saturated heterocycles. The average molecular weight is 284 g/mol. The van der Waals surface area contributed by atoms with Crippen molar-refractivity contribution in [2.24, 2.45) is 0 Å². The van der Waals surface area contributed by atoms with Crippen LogP contribution in [0.1, 0.15) is 23.1 Å². The number of carbonyl (C=O) groups is 1. The van der Waals surface area contributed by atoms with E-state index in [0.29, 0.717) is 25.6 Å². The van der Waals surface area contributed by atoms with Crippen molar-refractivity contribution in [2.45, 2.75) is 46.3 Å². The van der Waals surface area contributed by atoms with E-state index in [4.69, 9.17) is 9.47 Å². The van der Waals surface area contributed by atoms with Gasteiger partial charge in [-0.2, -0.15) is 5.10 Å². The van der Waals surface area contributed by atoms with Gasteiger partial charge in [0.25, 0.3) is 0 Å². The van der Waals surface area contributed by atoms with Gasteiger partial charge in [-0.15, -0.1) is 0 Å². The van der Waals surface area contributed by atoms with Crippen molar-refractivity contribution in [3.8, 4) is 0 Å². The maximum Gasteiger partial charge on any atom is 0.356 e. The highest BCUT2D eigenvalue weighted by molar-refractivity contribution is 6.76. The third-order valence-corrected chi connectivity index (χ3v) is 4.30. The molecule has 0 aliphatic heterocycles. The van der Waals surface area contributed by atoms with E-state index in [1.54, 1.807) is 17.7 Å². The zero-order chi connectivity index (χ0) is 14.5. The van der Waals surface area contributed by atoms with Crippen LogP contribution < -0.4 is 0 Å². The monoisotopic (exact) mass is 284 g/mol. The van der Waals surface area contributed by atoms with Crippen molar-refractivity contribution in [1.29, 1.82) is 0 Å². The Hall–Kier alpha value is -1.14. The number of hydrogen-bond donors (Lipinski definition) is 0. The topological polar surface area (TPSA) is 53.3 Å². The first-order valence-electron chi connectivity index (χ1n) is 6.63. The molecule has 5 nitrogen and oxygen atoms in total. The molecule has 0 unspecified atom stereocenters. The summed E-state index contributed by atoms with van der Waals surface area (Å²) in [6, 6.07) is 2.82. The van der Waals surface area contributed by atoms with Gasteiger partial charge in [0.2, 0.25) is 0 Å². The van der Waals surface area contributed by atoms with Crippen LogP contribution in [-0.4, -0.2) is 37.0 Å². The predicted octanol–water partition coefficient (Wildman–Crippen LogP) is 2.68. The molecule has 0 fully saturated rings. The minimum absolute atomic E-state index is 0.298. The van der Waals surface area contributed by atoms with Crippen molar-refractivity contribution >= 4 is 14.0 Å². The van der Waals surface area contributed by atoms with E-state index in [1.165, 1.54) is 0 Å². The Morgan fingerprint density at radius 1 is 1.42 bits per heavy atom. The quantitative estimate of drug-likeness (QED) is 0.439. The van der Waals surface area contributed by atoms with E-state index in [0.717, 1.165) is 11.7 Å². The van der Waals surface area contributed by atoms with Gasteiger partial charge in [-0.05, 0) is 26.0 Å². The smallest absolute Gasteiger partial charge is 0.356 e. The van der Waals surface area contributed by atoms with Gasteiger partial charge in [0.1, 0.15) is 12.4 Å². The highest BCUT2D eigenvalue weighted by atomic mass is 28.3. The van der Waals surface area contributed by atoms with Gasteiger partial charge in [-0.3, -0.25) is 0 Å². The molecule has 108 valence electrons. The lowest BCUT2D eigenvalue weighted by atomic mass is 10.4. The lowest BCUT2D eigenvalue weighted by molar-refractivity contribution is 0.0455. The molecule has 6 heteroatoms. The maximum atomic E-state index is 11.7. The Bertz CT molecular complexity index is 424. The van der Waals surface area contributed by atoms with Gasteiger partial charge in [0.15, 0.2) is 0 Å². The lowest BCUT2D eigenvalue weighted by Gasteiger charge is -2.15. The highest BCUT2D eigenvalue weighted by Gasteiger charge is 2.16. The minimum Gasteiger partial charge on any atom is -0.461 e. The third kappa shape index (κ3) is 5.57. The SMILES string of the molecule is CCOC(=O)c1cc(C)nn1COCC[Si](C)(C)C. The second-order valence-corrected chi connectivity index (χ2v) is 11.4. The van der Waals surface area contributed by atoms with Crippen molar-refractivity contribution in [1.82, 2.24) is 9.78 Å². The summed E-state index contributed by atoms with van der Waals surface area (Å²) >= 11 is 0. The first-order valence-corrected chi connectivity index (χ1v) is 10.3. The average Bonchev–Trinajstić information content (AvgIpc) is 2.65. The molecule has 1 heterocycles. The van der Waals surface area contributed by atoms with Gasteiger partial charge in [0, 0.05) is 14.7 Å². The number of hydrogen-bond acceptors (Lipinski definition) is 4. The van der Waals surface area contributed by atoms with Crippen LogP contribution in [0.4, 0.5) is 0 Å². The Balaban J connectivity index is 2.56. The molecule has 1 rings (SSSR count). The Kier molecular flexibility index (Phi) is 5.75. The Labute approximate surface area is 115 Å². The van der Waals surface area contributed by atoms with Crippen LogP contribution in [0.5, 0.6) is 0 Å². The largest absolute Gasteiger partial charge is 0.461 e. The molecule has 19 heavy (non-hydrogen) atoms. The number of esters is 1. The fourth-order valence-electron chi connectivity index (χ4n) is 1.54. The van der Waals surface area contributed by atoms with Crippen LogP contribution in [0.3, 0.4) is 0 Å². The maximum absolute atomic E-state index is 11.7. The summed E-state index contributed by atoms with van der Waals surface area (Å²) in [5.74, 6) is -0.350. The lowest BCUT2D eigenvalue weighted by Crippen LogP contribution is -2.22. The number of ether oxygens (including phenoxy) is 2. The molecule has 0 spiro atoms. The number of nitrogens with zero attached hydrogens (tertiary/aromatic N) is 2. The van der Waals surface area contributed by atoms with Gasteiger partial charge in [-0.1, -0.05) is 19.6 Å². The summed E-state index contributed by atoms with van der Waals surface area (Å²) in [6.45, 7) is 11.9. The molecule has 0 amide bonds. The molecule has 0 aliphatic carbocycles. The van der Waals surface area contributed by atoms with Crippen molar-refractivity contribution < 1.29 is 14.3 Å². The van der Waals surface area contributed by atoms with Crippen molar-refractivity contribution in [2.75, 3.05) is 13.2 Å². The zero-order valence-corrected chi connectivity index (χ0v) is 13.5. The number of carbonyl (C=O) groups excluding carboxylic acids is 1. The summed E-state index contributed by atoms with van der Waals surface area (Å²) in [6.07, 6.45) is 0. The van der Waals surface area contributed by atoms with Gasteiger partial charge in [0.05, 0.1) is 12.3 Å². The fraction of sp³-hybridized carbons (Fsp3) is 0.692. The van der Waals surface area contributed by atoms with Crippen LogP contribution in [-0.2, 0) is 16.2 Å². The predicted molar refractivity (Wildman–Crippen MR) is 77.0 cm³/mol. The second-order valence-electron chi connectivity index (χ2n) is 5.74. The molecule has 0 saturated carbocycles. The molecular weight excluding hydrogens is 260 g/mol. The molecule has 0 aromatic carbocycles. The normalized spacial score (nSPS) is 11.6. The van der Waals surface area contributed by atoms with Crippen molar-refractivity contribution in [3.05, 3.63) is 17.5 Å². The summed E-state index contributed by atoms with van der Waals surface area (Å²) in [7, 11) is -1.08. The van der Waals surface area contributed by atoms with Crippen LogP contribution in [0, 0.1) is 6.92 Å². The van der Waals surface area contributed by atoms with E-state index in [-0.39, 0.29) is 5.97 Å². The number of aryl methyl sites for hydroxylation is 1. The molecule has 0 aliphatic rings. The first kappa shape index (κ1) is 15.9. The summed E-state index contributed by atoms with van der Waals surface area (Å²) in [4.78, 5) is 11.7. The number of rotatable bonds is 7. The van der Waals surface area contributed by atoms with Crippen LogP contribution in [0.15, 0.2) is 6.07 Å². The summed E-state index contributed by atoms with van der Waals surface area (Å²) in [5.41, 5.74) is 1.24.